The van der Waals surface area contributed by atoms with Gasteiger partial charge in [0.1, 0.15) is 5.82 Å². The maximum absolute atomic E-state index is 12.3. The minimum Gasteiger partial charge on any atom is -0.481 e. The lowest BCUT2D eigenvalue weighted by Gasteiger charge is -2.31. The van der Waals surface area contributed by atoms with Gasteiger partial charge in [0.2, 0.25) is 23.6 Å². The molecule has 8 heteroatoms. The highest BCUT2D eigenvalue weighted by molar-refractivity contribution is 5.83. The maximum atomic E-state index is 12.3. The maximum Gasteiger partial charge on any atom is 0.223 e. The molecule has 2 heterocycles. The van der Waals surface area contributed by atoms with E-state index < -0.39 is 0 Å². The average molecular weight is 364 g/mol. The summed E-state index contributed by atoms with van der Waals surface area (Å²) in [6, 6.07) is 1.64. The molecular formula is C18H28N4O4. The summed E-state index contributed by atoms with van der Waals surface area (Å²) in [5, 5.41) is 2.79. The molecule has 0 unspecified atom stereocenters. The van der Waals surface area contributed by atoms with Gasteiger partial charge in [0.15, 0.2) is 0 Å². The summed E-state index contributed by atoms with van der Waals surface area (Å²) in [4.78, 5) is 34.6. The number of amides is 2. The molecule has 1 aromatic heterocycles. The fraction of sp³-hybridized carbons (Fsp3) is 0.667. The second-order valence-electron chi connectivity index (χ2n) is 6.32. The molecule has 0 spiro atoms. The van der Waals surface area contributed by atoms with E-state index >= 15 is 0 Å². The number of carbonyl (C=O) groups is 2. The molecule has 26 heavy (non-hydrogen) atoms. The third-order valence-electron chi connectivity index (χ3n) is 4.47. The summed E-state index contributed by atoms with van der Waals surface area (Å²) < 4.78 is 10.4. The summed E-state index contributed by atoms with van der Waals surface area (Å²) in [5.41, 5.74) is 0. The molecule has 0 aliphatic carbocycles. The van der Waals surface area contributed by atoms with Crippen LogP contribution in [0, 0.1) is 0 Å². The lowest BCUT2D eigenvalue weighted by Crippen LogP contribution is -2.38. The molecule has 1 aliphatic rings. The van der Waals surface area contributed by atoms with E-state index in [1.54, 1.807) is 20.3 Å². The molecule has 0 saturated carbocycles. The summed E-state index contributed by atoms with van der Waals surface area (Å²) in [6.07, 6.45) is 2.96. The largest absolute Gasteiger partial charge is 0.481 e. The van der Waals surface area contributed by atoms with Crippen molar-refractivity contribution in [2.45, 2.75) is 44.9 Å². The van der Waals surface area contributed by atoms with Crippen molar-refractivity contribution in [1.29, 1.82) is 0 Å². The highest BCUT2D eigenvalue weighted by Gasteiger charge is 2.26. The number of ether oxygens (including phenoxy) is 2. The molecule has 144 valence electrons. The Balaban J connectivity index is 1.85. The number of nitrogens with zero attached hydrogens (tertiary/aromatic N) is 3. The summed E-state index contributed by atoms with van der Waals surface area (Å²) in [5.74, 6) is 1.77. The van der Waals surface area contributed by atoms with Gasteiger partial charge in [0.05, 0.1) is 20.3 Å². The van der Waals surface area contributed by atoms with E-state index in [2.05, 4.69) is 15.3 Å². The minimum atomic E-state index is -0.0630. The van der Waals surface area contributed by atoms with Gasteiger partial charge in [-0.3, -0.25) is 9.59 Å². The molecule has 0 atom stereocenters. The second-order valence-corrected chi connectivity index (χ2v) is 6.32. The highest BCUT2D eigenvalue weighted by atomic mass is 16.5. The van der Waals surface area contributed by atoms with Crippen LogP contribution in [0.1, 0.15) is 50.8 Å². The number of methoxy groups -OCH3 is 2. The molecule has 0 aromatic carbocycles. The fourth-order valence-corrected chi connectivity index (χ4v) is 2.93. The Morgan fingerprint density at radius 1 is 1.15 bits per heavy atom. The third-order valence-corrected chi connectivity index (χ3v) is 4.47. The molecule has 0 radical (unpaired) electrons. The Hall–Kier alpha value is -2.38. The van der Waals surface area contributed by atoms with Crippen LogP contribution < -0.4 is 14.8 Å². The monoisotopic (exact) mass is 364 g/mol. The summed E-state index contributed by atoms with van der Waals surface area (Å²) in [7, 11) is 3.12. The first-order valence-corrected chi connectivity index (χ1v) is 9.08. The van der Waals surface area contributed by atoms with Crippen molar-refractivity contribution in [1.82, 2.24) is 20.2 Å². The zero-order chi connectivity index (χ0) is 18.9. The van der Waals surface area contributed by atoms with Crippen LogP contribution in [-0.2, 0) is 9.59 Å². The number of hydrogen-bond donors (Lipinski definition) is 1. The van der Waals surface area contributed by atoms with Gasteiger partial charge in [-0.15, -0.1) is 0 Å². The molecule has 2 rings (SSSR count). The van der Waals surface area contributed by atoms with E-state index in [4.69, 9.17) is 9.47 Å². The van der Waals surface area contributed by atoms with E-state index in [0.717, 1.165) is 19.3 Å². The minimum absolute atomic E-state index is 0.0271. The Kier molecular flexibility index (Phi) is 7.62. The van der Waals surface area contributed by atoms with Gasteiger partial charge >= 0.3 is 0 Å². The van der Waals surface area contributed by atoms with E-state index in [1.807, 2.05) is 11.8 Å². The fourth-order valence-electron chi connectivity index (χ4n) is 2.93. The van der Waals surface area contributed by atoms with Crippen molar-refractivity contribution < 1.29 is 19.1 Å². The highest BCUT2D eigenvalue weighted by Crippen LogP contribution is 2.28. The number of carbonyl (C=O) groups excluding carboxylic acids is 2. The van der Waals surface area contributed by atoms with Gasteiger partial charge in [-0.25, -0.2) is 0 Å². The molecule has 1 N–H and O–H groups in total. The summed E-state index contributed by atoms with van der Waals surface area (Å²) >= 11 is 0. The molecule has 0 bridgehead atoms. The number of piperidine rings is 1. The van der Waals surface area contributed by atoms with Crippen LogP contribution in [-0.4, -0.2) is 60.5 Å². The smallest absolute Gasteiger partial charge is 0.223 e. The van der Waals surface area contributed by atoms with Crippen molar-refractivity contribution in [3.05, 3.63) is 11.9 Å². The van der Waals surface area contributed by atoms with Gasteiger partial charge in [0, 0.05) is 38.4 Å². The number of aromatic nitrogens is 2. The van der Waals surface area contributed by atoms with Crippen molar-refractivity contribution in [3.8, 4) is 11.8 Å². The zero-order valence-electron chi connectivity index (χ0n) is 15.8. The van der Waals surface area contributed by atoms with Crippen molar-refractivity contribution >= 4 is 11.8 Å². The molecule has 8 nitrogen and oxygen atoms in total. The van der Waals surface area contributed by atoms with Gasteiger partial charge in [0.25, 0.3) is 0 Å². The molecule has 1 saturated heterocycles. The first-order valence-electron chi connectivity index (χ1n) is 9.08. The van der Waals surface area contributed by atoms with Crippen LogP contribution in [0.4, 0.5) is 0 Å². The Labute approximate surface area is 154 Å². The number of likely N-dealkylation sites (tertiary alicyclic amines) is 1. The lowest BCUT2D eigenvalue weighted by atomic mass is 9.95. The van der Waals surface area contributed by atoms with E-state index in [0.29, 0.717) is 37.2 Å². The van der Waals surface area contributed by atoms with Crippen LogP contribution in [0.3, 0.4) is 0 Å². The van der Waals surface area contributed by atoms with Crippen LogP contribution in [0.25, 0.3) is 0 Å². The van der Waals surface area contributed by atoms with Gasteiger partial charge in [-0.2, -0.15) is 9.97 Å². The standard InChI is InChI=1S/C18H28N4O4/c1-4-9-19-14(23)5-6-17(24)22-10-7-13(8-11-22)18-20-15(25-2)12-16(21-18)26-3/h12-13H,4-11H2,1-3H3,(H,19,23). The Bertz CT molecular complexity index is 593. The third kappa shape index (κ3) is 5.57. The number of nitrogens with one attached hydrogen (secondary N) is 1. The number of rotatable bonds is 8. The van der Waals surface area contributed by atoms with Crippen LogP contribution in [0.15, 0.2) is 6.07 Å². The Morgan fingerprint density at radius 2 is 1.77 bits per heavy atom. The average Bonchev–Trinajstić information content (AvgIpc) is 2.69. The van der Waals surface area contributed by atoms with Crippen molar-refractivity contribution in [2.75, 3.05) is 33.9 Å². The Morgan fingerprint density at radius 3 is 2.31 bits per heavy atom. The molecule has 1 aromatic rings. The molecule has 2 amide bonds. The lowest BCUT2D eigenvalue weighted by molar-refractivity contribution is -0.134. The normalized spacial score (nSPS) is 14.8. The number of hydrogen-bond acceptors (Lipinski definition) is 6. The quantitative estimate of drug-likeness (QED) is 0.751. The van der Waals surface area contributed by atoms with Crippen LogP contribution >= 0.6 is 0 Å². The van der Waals surface area contributed by atoms with Gasteiger partial charge in [-0.1, -0.05) is 6.92 Å². The predicted molar refractivity (Wildman–Crippen MR) is 96.2 cm³/mol. The van der Waals surface area contributed by atoms with Gasteiger partial charge in [-0.05, 0) is 19.3 Å². The summed E-state index contributed by atoms with van der Waals surface area (Å²) in [6.45, 7) is 3.94. The van der Waals surface area contributed by atoms with E-state index in [-0.39, 0.29) is 30.6 Å². The van der Waals surface area contributed by atoms with E-state index in [1.165, 1.54) is 0 Å². The van der Waals surface area contributed by atoms with Crippen LogP contribution in [0.2, 0.25) is 0 Å². The molecular weight excluding hydrogens is 336 g/mol. The van der Waals surface area contributed by atoms with Gasteiger partial charge < -0.3 is 19.7 Å². The topological polar surface area (TPSA) is 93.7 Å². The SMILES string of the molecule is CCCNC(=O)CCC(=O)N1CCC(c2nc(OC)cc(OC)n2)CC1. The first-order chi connectivity index (χ1) is 12.6. The zero-order valence-corrected chi connectivity index (χ0v) is 15.8. The van der Waals surface area contributed by atoms with Crippen LogP contribution in [0.5, 0.6) is 11.8 Å². The second kappa shape index (κ2) is 9.94. The predicted octanol–water partition coefficient (Wildman–Crippen LogP) is 1.51. The molecule has 1 fully saturated rings. The van der Waals surface area contributed by atoms with Crippen molar-refractivity contribution in [2.24, 2.45) is 0 Å². The first kappa shape index (κ1) is 19.9. The van der Waals surface area contributed by atoms with E-state index in [9.17, 15) is 9.59 Å². The molecule has 1 aliphatic heterocycles. The van der Waals surface area contributed by atoms with Crippen molar-refractivity contribution in [3.63, 3.8) is 0 Å².